The van der Waals surface area contributed by atoms with Gasteiger partial charge in [0, 0.05) is 19.2 Å². The van der Waals surface area contributed by atoms with Crippen molar-refractivity contribution in [2.75, 3.05) is 18.9 Å². The molecular weight excluding hydrogens is 291 g/mol. The molecule has 0 heterocycles. The van der Waals surface area contributed by atoms with Gasteiger partial charge in [-0.1, -0.05) is 41.9 Å². The Balaban J connectivity index is 1.91. The Hall–Kier alpha value is -2.07. The number of hydrogen-bond donors (Lipinski definition) is 1. The van der Waals surface area contributed by atoms with Gasteiger partial charge in [0.1, 0.15) is 5.82 Å². The fourth-order valence-electron chi connectivity index (χ4n) is 1.88. The number of nitrogens with zero attached hydrogens (tertiary/aromatic N) is 1. The number of anilines is 1. The van der Waals surface area contributed by atoms with Gasteiger partial charge in [0.2, 0.25) is 5.91 Å². The molecule has 0 fully saturated rings. The Bertz CT molecular complexity index is 633. The van der Waals surface area contributed by atoms with E-state index in [4.69, 9.17) is 11.6 Å². The first-order chi connectivity index (χ1) is 10.1. The Morgan fingerprint density at radius 3 is 2.57 bits per heavy atom. The minimum Gasteiger partial charge on any atom is -0.375 e. The van der Waals surface area contributed by atoms with Crippen molar-refractivity contribution in [3.8, 4) is 0 Å². The maximum Gasteiger partial charge on any atom is 0.241 e. The molecule has 0 aromatic heterocycles. The van der Waals surface area contributed by atoms with E-state index in [1.807, 2.05) is 12.1 Å². The fourth-order valence-corrected chi connectivity index (χ4v) is 2.08. The topological polar surface area (TPSA) is 32.3 Å². The molecular formula is C16H16ClFN2O. The first-order valence-corrected chi connectivity index (χ1v) is 6.91. The molecule has 0 radical (unpaired) electrons. The molecule has 1 N–H and O–H groups in total. The van der Waals surface area contributed by atoms with Crippen LogP contribution in [-0.2, 0) is 11.3 Å². The molecule has 0 saturated carbocycles. The molecule has 1 amide bonds. The largest absolute Gasteiger partial charge is 0.375 e. The molecule has 0 spiro atoms. The van der Waals surface area contributed by atoms with Crippen LogP contribution < -0.4 is 5.32 Å². The van der Waals surface area contributed by atoms with Gasteiger partial charge in [0.25, 0.3) is 0 Å². The number of likely N-dealkylation sites (N-methyl/N-ethyl adjacent to an activating group) is 1. The molecule has 2 aromatic rings. The second kappa shape index (κ2) is 7.09. The number of para-hydroxylation sites is 1. The molecule has 2 rings (SSSR count). The fraction of sp³-hybridized carbons (Fsp3) is 0.188. The van der Waals surface area contributed by atoms with Gasteiger partial charge in [-0.3, -0.25) is 4.79 Å². The zero-order valence-electron chi connectivity index (χ0n) is 11.6. The highest BCUT2D eigenvalue weighted by atomic mass is 35.5. The number of nitrogens with one attached hydrogen (secondary N) is 1. The number of carbonyl (C=O) groups excluding carboxylic acids is 1. The number of rotatable bonds is 5. The van der Waals surface area contributed by atoms with E-state index in [0.717, 1.165) is 0 Å². The lowest BCUT2D eigenvalue weighted by molar-refractivity contribution is -0.128. The summed E-state index contributed by atoms with van der Waals surface area (Å²) in [7, 11) is 1.64. The quantitative estimate of drug-likeness (QED) is 0.916. The van der Waals surface area contributed by atoms with Gasteiger partial charge in [-0.2, -0.15) is 0 Å². The van der Waals surface area contributed by atoms with Crippen molar-refractivity contribution >= 4 is 23.2 Å². The van der Waals surface area contributed by atoms with Gasteiger partial charge < -0.3 is 10.2 Å². The Kier molecular flexibility index (Phi) is 5.17. The zero-order chi connectivity index (χ0) is 15.2. The van der Waals surface area contributed by atoms with Crippen LogP contribution in [0.1, 0.15) is 5.56 Å². The van der Waals surface area contributed by atoms with Gasteiger partial charge in [-0.25, -0.2) is 4.39 Å². The highest BCUT2D eigenvalue weighted by Gasteiger charge is 2.11. The lowest BCUT2D eigenvalue weighted by atomic mass is 10.2. The minimum absolute atomic E-state index is 0.106. The van der Waals surface area contributed by atoms with E-state index in [9.17, 15) is 9.18 Å². The molecule has 2 aromatic carbocycles. The average Bonchev–Trinajstić information content (AvgIpc) is 2.48. The van der Waals surface area contributed by atoms with Crippen molar-refractivity contribution in [3.05, 3.63) is 64.9 Å². The first kappa shape index (κ1) is 15.3. The van der Waals surface area contributed by atoms with Crippen molar-refractivity contribution in [1.82, 2.24) is 4.90 Å². The van der Waals surface area contributed by atoms with Crippen molar-refractivity contribution in [2.24, 2.45) is 0 Å². The summed E-state index contributed by atoms with van der Waals surface area (Å²) in [4.78, 5) is 13.5. The summed E-state index contributed by atoms with van der Waals surface area (Å²) in [5.41, 5.74) is 1.19. The third-order valence-corrected chi connectivity index (χ3v) is 3.42. The van der Waals surface area contributed by atoms with E-state index in [1.165, 1.54) is 11.0 Å². The van der Waals surface area contributed by atoms with Gasteiger partial charge in [0.05, 0.1) is 17.3 Å². The normalized spacial score (nSPS) is 10.2. The zero-order valence-corrected chi connectivity index (χ0v) is 12.4. The Morgan fingerprint density at radius 1 is 1.19 bits per heavy atom. The monoisotopic (exact) mass is 306 g/mol. The van der Waals surface area contributed by atoms with Crippen LogP contribution in [0, 0.1) is 5.82 Å². The third kappa shape index (κ3) is 4.20. The van der Waals surface area contributed by atoms with E-state index in [1.54, 1.807) is 37.4 Å². The minimum atomic E-state index is -0.309. The van der Waals surface area contributed by atoms with Crippen LogP contribution in [0.3, 0.4) is 0 Å². The van der Waals surface area contributed by atoms with Crippen molar-refractivity contribution in [1.29, 1.82) is 0 Å². The predicted octanol–water partition coefficient (Wildman–Crippen LogP) is 3.55. The summed E-state index contributed by atoms with van der Waals surface area (Å²) < 4.78 is 13.5. The number of amides is 1. The van der Waals surface area contributed by atoms with Crippen LogP contribution >= 0.6 is 11.6 Å². The van der Waals surface area contributed by atoms with E-state index < -0.39 is 0 Å². The number of halogens is 2. The molecule has 0 atom stereocenters. The van der Waals surface area contributed by atoms with Crippen LogP contribution in [0.15, 0.2) is 48.5 Å². The number of benzene rings is 2. The van der Waals surface area contributed by atoms with Crippen LogP contribution in [0.2, 0.25) is 5.02 Å². The van der Waals surface area contributed by atoms with Gasteiger partial charge in [-0.05, 0) is 18.2 Å². The molecule has 0 bridgehead atoms. The molecule has 0 aliphatic carbocycles. The number of carbonyl (C=O) groups is 1. The number of hydrogen-bond acceptors (Lipinski definition) is 2. The second-order valence-corrected chi connectivity index (χ2v) is 5.08. The lowest BCUT2D eigenvalue weighted by Crippen LogP contribution is -2.32. The lowest BCUT2D eigenvalue weighted by Gasteiger charge is -2.18. The van der Waals surface area contributed by atoms with E-state index in [-0.39, 0.29) is 24.8 Å². The van der Waals surface area contributed by atoms with E-state index in [0.29, 0.717) is 16.3 Å². The van der Waals surface area contributed by atoms with Gasteiger partial charge >= 0.3 is 0 Å². The molecule has 0 aliphatic rings. The molecule has 0 saturated heterocycles. The second-order valence-electron chi connectivity index (χ2n) is 4.67. The molecule has 21 heavy (non-hydrogen) atoms. The molecule has 0 unspecified atom stereocenters. The highest BCUT2D eigenvalue weighted by Crippen LogP contribution is 2.20. The van der Waals surface area contributed by atoms with Crippen molar-refractivity contribution in [3.63, 3.8) is 0 Å². The first-order valence-electron chi connectivity index (χ1n) is 6.53. The summed E-state index contributed by atoms with van der Waals surface area (Å²) >= 11 is 6.00. The molecule has 3 nitrogen and oxygen atoms in total. The summed E-state index contributed by atoms with van der Waals surface area (Å²) in [5, 5.41) is 3.53. The van der Waals surface area contributed by atoms with Crippen LogP contribution in [0.5, 0.6) is 0 Å². The van der Waals surface area contributed by atoms with Crippen LogP contribution in [0.4, 0.5) is 10.1 Å². The third-order valence-electron chi connectivity index (χ3n) is 3.10. The SMILES string of the molecule is CN(Cc1ccccc1F)C(=O)CNc1ccccc1Cl. The molecule has 110 valence electrons. The van der Waals surface area contributed by atoms with E-state index in [2.05, 4.69) is 5.32 Å². The predicted molar refractivity (Wildman–Crippen MR) is 82.8 cm³/mol. The average molecular weight is 307 g/mol. The summed E-state index contributed by atoms with van der Waals surface area (Å²) in [6.07, 6.45) is 0. The van der Waals surface area contributed by atoms with Crippen molar-refractivity contribution in [2.45, 2.75) is 6.54 Å². The Labute approximate surface area is 128 Å². The standard InChI is InChI=1S/C16H16ClFN2O/c1-20(11-12-6-2-4-8-14(12)18)16(21)10-19-15-9-5-3-7-13(15)17/h2-9,19H,10-11H2,1H3. The summed E-state index contributed by atoms with van der Waals surface area (Å²) in [6.45, 7) is 0.338. The maximum atomic E-state index is 13.5. The molecule has 0 aliphatic heterocycles. The Morgan fingerprint density at radius 2 is 1.86 bits per heavy atom. The maximum absolute atomic E-state index is 13.5. The van der Waals surface area contributed by atoms with E-state index >= 15 is 0 Å². The van der Waals surface area contributed by atoms with Crippen LogP contribution in [0.25, 0.3) is 0 Å². The molecule has 5 heteroatoms. The van der Waals surface area contributed by atoms with Crippen LogP contribution in [-0.4, -0.2) is 24.4 Å². The van der Waals surface area contributed by atoms with Gasteiger partial charge in [0.15, 0.2) is 0 Å². The van der Waals surface area contributed by atoms with Gasteiger partial charge in [-0.15, -0.1) is 0 Å². The highest BCUT2D eigenvalue weighted by molar-refractivity contribution is 6.33. The van der Waals surface area contributed by atoms with Crippen molar-refractivity contribution < 1.29 is 9.18 Å². The smallest absolute Gasteiger partial charge is 0.241 e. The summed E-state index contributed by atoms with van der Waals surface area (Å²) in [5.74, 6) is -0.450. The summed E-state index contributed by atoms with van der Waals surface area (Å²) in [6, 6.07) is 13.6.